The van der Waals surface area contributed by atoms with Crippen molar-refractivity contribution in [2.45, 2.75) is 45.4 Å². The van der Waals surface area contributed by atoms with E-state index in [4.69, 9.17) is 0 Å². The molecule has 2 aliphatic rings. The Kier molecular flexibility index (Phi) is 3.44. The van der Waals surface area contributed by atoms with E-state index in [1.165, 1.54) is 6.42 Å². The van der Waals surface area contributed by atoms with Crippen LogP contribution in [0, 0.1) is 5.41 Å². The van der Waals surface area contributed by atoms with E-state index in [2.05, 4.69) is 6.92 Å². The fraction of sp³-hybridized carbons (Fsp3) is 0.444. The first kappa shape index (κ1) is 14.1. The summed E-state index contributed by atoms with van der Waals surface area (Å²) in [7, 11) is 0. The molecule has 0 unspecified atom stereocenters. The average molecular weight is 284 g/mol. The minimum absolute atomic E-state index is 0.00185. The molecule has 0 radical (unpaired) electrons. The minimum Gasteiger partial charge on any atom is -0.507 e. The van der Waals surface area contributed by atoms with Crippen molar-refractivity contribution in [3.63, 3.8) is 0 Å². The maximum absolute atomic E-state index is 12.3. The van der Waals surface area contributed by atoms with Gasteiger partial charge in [0.1, 0.15) is 5.76 Å². The molecule has 3 heteroatoms. The van der Waals surface area contributed by atoms with E-state index < -0.39 is 11.6 Å². The summed E-state index contributed by atoms with van der Waals surface area (Å²) < 4.78 is 0. The quantitative estimate of drug-likeness (QED) is 0.832. The molecule has 1 N–H and O–H groups in total. The first-order valence-electron chi connectivity index (χ1n) is 7.62. The Bertz CT molecular complexity index is 634. The molecule has 0 bridgehead atoms. The molecule has 1 aromatic rings. The Morgan fingerprint density at radius 3 is 2.29 bits per heavy atom. The lowest BCUT2D eigenvalue weighted by Gasteiger charge is -2.35. The van der Waals surface area contributed by atoms with E-state index in [-0.39, 0.29) is 11.2 Å². The van der Waals surface area contributed by atoms with Gasteiger partial charge in [-0.3, -0.25) is 9.59 Å². The van der Waals surface area contributed by atoms with Crippen LogP contribution in [0.4, 0.5) is 0 Å². The molecule has 1 aromatic carbocycles. The van der Waals surface area contributed by atoms with Crippen LogP contribution in [0.15, 0.2) is 29.8 Å². The van der Waals surface area contributed by atoms with Crippen molar-refractivity contribution < 1.29 is 14.7 Å². The van der Waals surface area contributed by atoms with Crippen LogP contribution in [0.5, 0.6) is 0 Å². The first-order valence-corrected chi connectivity index (χ1v) is 7.62. The van der Waals surface area contributed by atoms with E-state index in [0.29, 0.717) is 23.1 Å². The first-order chi connectivity index (χ1) is 10.0. The van der Waals surface area contributed by atoms with Gasteiger partial charge in [-0.2, -0.15) is 0 Å². The molecule has 1 saturated carbocycles. The van der Waals surface area contributed by atoms with Crippen molar-refractivity contribution in [1.82, 2.24) is 0 Å². The Balaban J connectivity index is 2.01. The molecule has 0 atom stereocenters. The van der Waals surface area contributed by atoms with Gasteiger partial charge in [-0.25, -0.2) is 0 Å². The molecule has 2 aliphatic carbocycles. The number of aliphatic hydroxyl groups excluding tert-OH is 1. The van der Waals surface area contributed by atoms with Crippen molar-refractivity contribution >= 4 is 17.3 Å². The monoisotopic (exact) mass is 284 g/mol. The fourth-order valence-corrected chi connectivity index (χ4v) is 3.59. The third kappa shape index (κ3) is 2.41. The summed E-state index contributed by atoms with van der Waals surface area (Å²) in [6.45, 7) is 2.16. The molecule has 0 aliphatic heterocycles. The van der Waals surface area contributed by atoms with Gasteiger partial charge in [0.25, 0.3) is 0 Å². The van der Waals surface area contributed by atoms with Crippen LogP contribution in [0.1, 0.15) is 61.4 Å². The van der Waals surface area contributed by atoms with Crippen LogP contribution < -0.4 is 0 Å². The van der Waals surface area contributed by atoms with Crippen LogP contribution in [-0.2, 0) is 4.79 Å². The number of fused-ring (bicyclic) bond motifs is 1. The Morgan fingerprint density at radius 2 is 1.62 bits per heavy atom. The molecule has 21 heavy (non-hydrogen) atoms. The standard InChI is InChI=1S/C18H20O3/c1-18(9-5-2-6-10-18)11-14-15(19)12-7-3-4-8-13(12)16(20)17(14)21/h3-4,7-8,19H,2,5-6,9-11H2,1H3. The van der Waals surface area contributed by atoms with Gasteiger partial charge < -0.3 is 5.11 Å². The molecule has 1 fully saturated rings. The summed E-state index contributed by atoms with van der Waals surface area (Å²) in [5.74, 6) is -1.02. The van der Waals surface area contributed by atoms with Crippen molar-refractivity contribution in [1.29, 1.82) is 0 Å². The van der Waals surface area contributed by atoms with Crippen molar-refractivity contribution in [3.05, 3.63) is 41.0 Å². The highest BCUT2D eigenvalue weighted by molar-refractivity contribution is 6.52. The maximum atomic E-state index is 12.3. The predicted molar refractivity (Wildman–Crippen MR) is 81.1 cm³/mol. The summed E-state index contributed by atoms with van der Waals surface area (Å²) in [6, 6.07) is 6.80. The third-order valence-corrected chi connectivity index (χ3v) is 4.86. The highest BCUT2D eigenvalue weighted by Crippen LogP contribution is 2.43. The van der Waals surface area contributed by atoms with Crippen LogP contribution in [0.25, 0.3) is 5.76 Å². The minimum atomic E-state index is -0.530. The van der Waals surface area contributed by atoms with Crippen molar-refractivity contribution in [3.8, 4) is 0 Å². The number of Topliss-reactive ketones (excluding diaryl/α,β-unsaturated/α-hetero) is 2. The fourth-order valence-electron chi connectivity index (χ4n) is 3.59. The maximum Gasteiger partial charge on any atom is 0.234 e. The SMILES string of the molecule is CC1(CC2=C(O)c3ccccc3C(=O)C2=O)CCCCC1. The van der Waals surface area contributed by atoms with Crippen LogP contribution in [-0.4, -0.2) is 16.7 Å². The van der Waals surface area contributed by atoms with E-state index in [9.17, 15) is 14.7 Å². The molecular formula is C18H20O3. The second-order valence-electron chi connectivity index (χ2n) is 6.58. The Morgan fingerprint density at radius 1 is 1.00 bits per heavy atom. The zero-order valence-electron chi connectivity index (χ0n) is 12.3. The smallest absolute Gasteiger partial charge is 0.234 e. The highest BCUT2D eigenvalue weighted by Gasteiger charge is 2.37. The average Bonchev–Trinajstić information content (AvgIpc) is 2.50. The number of hydrogen-bond acceptors (Lipinski definition) is 3. The van der Waals surface area contributed by atoms with Gasteiger partial charge in [-0.05, 0) is 24.7 Å². The lowest BCUT2D eigenvalue weighted by molar-refractivity contribution is -0.112. The zero-order valence-corrected chi connectivity index (χ0v) is 12.3. The van der Waals surface area contributed by atoms with Gasteiger partial charge in [-0.1, -0.05) is 50.5 Å². The molecule has 0 amide bonds. The molecule has 0 aromatic heterocycles. The van der Waals surface area contributed by atoms with E-state index in [0.717, 1.165) is 25.7 Å². The number of allylic oxidation sites excluding steroid dienone is 1. The topological polar surface area (TPSA) is 54.4 Å². The normalized spacial score (nSPS) is 21.4. The third-order valence-electron chi connectivity index (χ3n) is 4.86. The van der Waals surface area contributed by atoms with Gasteiger partial charge in [0.15, 0.2) is 0 Å². The van der Waals surface area contributed by atoms with E-state index in [1.807, 2.05) is 0 Å². The zero-order chi connectivity index (χ0) is 15.0. The summed E-state index contributed by atoms with van der Waals surface area (Å²) in [5.41, 5.74) is 1.14. The van der Waals surface area contributed by atoms with Gasteiger partial charge >= 0.3 is 0 Å². The number of ketones is 2. The molecule has 0 heterocycles. The number of hydrogen-bond donors (Lipinski definition) is 1. The number of rotatable bonds is 2. The number of aliphatic hydroxyl groups is 1. The molecular weight excluding hydrogens is 264 g/mol. The lowest BCUT2D eigenvalue weighted by atomic mass is 9.70. The lowest BCUT2D eigenvalue weighted by Crippen LogP contribution is -2.29. The molecule has 0 saturated heterocycles. The number of carbonyl (C=O) groups excluding carboxylic acids is 2. The van der Waals surface area contributed by atoms with Crippen LogP contribution in [0.2, 0.25) is 0 Å². The second kappa shape index (κ2) is 5.14. The number of carbonyl (C=O) groups is 2. The van der Waals surface area contributed by atoms with Gasteiger partial charge in [-0.15, -0.1) is 0 Å². The predicted octanol–water partition coefficient (Wildman–Crippen LogP) is 4.08. The van der Waals surface area contributed by atoms with E-state index >= 15 is 0 Å². The van der Waals surface area contributed by atoms with Gasteiger partial charge in [0, 0.05) is 16.7 Å². The molecule has 3 nitrogen and oxygen atoms in total. The Labute approximate surface area is 124 Å². The summed E-state index contributed by atoms with van der Waals surface area (Å²) >= 11 is 0. The van der Waals surface area contributed by atoms with Crippen molar-refractivity contribution in [2.75, 3.05) is 0 Å². The van der Waals surface area contributed by atoms with E-state index in [1.54, 1.807) is 24.3 Å². The van der Waals surface area contributed by atoms with Crippen LogP contribution >= 0.6 is 0 Å². The second-order valence-corrected chi connectivity index (χ2v) is 6.58. The Hall–Kier alpha value is -1.90. The van der Waals surface area contributed by atoms with Gasteiger partial charge in [0.2, 0.25) is 11.6 Å². The largest absolute Gasteiger partial charge is 0.507 e. The number of benzene rings is 1. The summed E-state index contributed by atoms with van der Waals surface area (Å²) in [4.78, 5) is 24.6. The molecule has 110 valence electrons. The highest BCUT2D eigenvalue weighted by atomic mass is 16.3. The van der Waals surface area contributed by atoms with Crippen molar-refractivity contribution in [2.24, 2.45) is 5.41 Å². The van der Waals surface area contributed by atoms with Gasteiger partial charge in [0.05, 0.1) is 0 Å². The van der Waals surface area contributed by atoms with Crippen LogP contribution in [0.3, 0.4) is 0 Å². The molecule has 0 spiro atoms. The summed E-state index contributed by atoms with van der Waals surface area (Å²) in [5, 5.41) is 10.5. The molecule has 3 rings (SSSR count). The summed E-state index contributed by atoms with van der Waals surface area (Å²) in [6.07, 6.45) is 6.14.